The Morgan fingerprint density at radius 1 is 1.21 bits per heavy atom. The van der Waals surface area contributed by atoms with Crippen LogP contribution in [0.5, 0.6) is 0 Å². The fourth-order valence-electron chi connectivity index (χ4n) is 0.836. The highest BCUT2D eigenvalue weighted by atomic mass is 16.5. The molecule has 0 spiro atoms. The van der Waals surface area contributed by atoms with Crippen molar-refractivity contribution in [3.05, 3.63) is 0 Å². The third-order valence-corrected chi connectivity index (χ3v) is 1.45. The van der Waals surface area contributed by atoms with E-state index in [-0.39, 0.29) is 19.6 Å². The predicted molar refractivity (Wildman–Crippen MR) is 47.4 cm³/mol. The third-order valence-electron chi connectivity index (χ3n) is 1.45. The summed E-state index contributed by atoms with van der Waals surface area (Å²) in [7, 11) is 0. The van der Waals surface area contributed by atoms with Crippen molar-refractivity contribution in [1.82, 2.24) is 0 Å². The minimum atomic E-state index is -1.05. The number of esters is 2. The molecule has 14 heavy (non-hydrogen) atoms. The summed E-state index contributed by atoms with van der Waals surface area (Å²) in [5.41, 5.74) is 0. The average molecular weight is 202 g/mol. The van der Waals surface area contributed by atoms with Crippen molar-refractivity contribution < 1.29 is 23.9 Å². The second-order valence-corrected chi connectivity index (χ2v) is 2.50. The fraction of sp³-hybridized carbons (Fsp3) is 0.667. The predicted octanol–water partition coefficient (Wildman–Crippen LogP) is 0.318. The summed E-state index contributed by atoms with van der Waals surface area (Å²) < 4.78 is 9.19. The lowest BCUT2D eigenvalue weighted by Gasteiger charge is -2.08. The zero-order valence-corrected chi connectivity index (χ0v) is 8.32. The van der Waals surface area contributed by atoms with Gasteiger partial charge < -0.3 is 14.3 Å². The second kappa shape index (κ2) is 7.06. The van der Waals surface area contributed by atoms with E-state index < -0.39 is 17.9 Å². The minimum Gasteiger partial charge on any atom is -0.466 e. The zero-order valence-electron chi connectivity index (χ0n) is 8.32. The van der Waals surface area contributed by atoms with E-state index in [2.05, 4.69) is 9.47 Å². The first-order valence-electron chi connectivity index (χ1n) is 4.43. The topological polar surface area (TPSA) is 69.7 Å². The van der Waals surface area contributed by atoms with Crippen LogP contribution in [0.2, 0.25) is 0 Å². The lowest BCUT2D eigenvalue weighted by atomic mass is 10.1. The highest BCUT2D eigenvalue weighted by molar-refractivity contribution is 5.91. The lowest BCUT2D eigenvalue weighted by Crippen LogP contribution is -2.23. The maximum atomic E-state index is 11.1. The molecule has 0 aliphatic rings. The quantitative estimate of drug-likeness (QED) is 0.352. The fourth-order valence-corrected chi connectivity index (χ4v) is 0.836. The first kappa shape index (κ1) is 12.6. The highest BCUT2D eigenvalue weighted by Gasteiger charge is 2.22. The minimum absolute atomic E-state index is 0.187. The summed E-state index contributed by atoms with van der Waals surface area (Å²) in [5.74, 6) is -2.30. The molecular formula is C9H14O5. The first-order chi connectivity index (χ1) is 6.65. The van der Waals surface area contributed by atoms with Gasteiger partial charge in [-0.25, -0.2) is 0 Å². The van der Waals surface area contributed by atoms with Crippen molar-refractivity contribution in [2.45, 2.75) is 20.3 Å². The molecule has 0 fully saturated rings. The smallest absolute Gasteiger partial charge is 0.316 e. The SMILES string of the molecule is CCOC(=O)C[C@H](C=O)C(=O)OCC. The standard InChI is InChI=1S/C9H14O5/c1-3-13-8(11)5-7(6-10)9(12)14-4-2/h6-7H,3-5H2,1-2H3/t7-/m1/s1. The first-order valence-corrected chi connectivity index (χ1v) is 4.43. The van der Waals surface area contributed by atoms with Crippen LogP contribution in [-0.4, -0.2) is 31.4 Å². The molecule has 80 valence electrons. The van der Waals surface area contributed by atoms with Crippen LogP contribution in [0.4, 0.5) is 0 Å². The maximum absolute atomic E-state index is 11.1. The normalized spacial score (nSPS) is 11.6. The Kier molecular flexibility index (Phi) is 6.36. The van der Waals surface area contributed by atoms with E-state index in [0.717, 1.165) is 0 Å². The molecule has 0 aromatic heterocycles. The molecule has 0 aliphatic heterocycles. The van der Waals surface area contributed by atoms with Crippen molar-refractivity contribution in [3.63, 3.8) is 0 Å². The van der Waals surface area contributed by atoms with Crippen molar-refractivity contribution in [1.29, 1.82) is 0 Å². The van der Waals surface area contributed by atoms with Crippen LogP contribution in [-0.2, 0) is 23.9 Å². The van der Waals surface area contributed by atoms with Crippen molar-refractivity contribution in [2.75, 3.05) is 13.2 Å². The number of hydrogen-bond acceptors (Lipinski definition) is 5. The number of aldehydes is 1. The maximum Gasteiger partial charge on any atom is 0.316 e. The van der Waals surface area contributed by atoms with Crippen molar-refractivity contribution in [2.24, 2.45) is 5.92 Å². The average Bonchev–Trinajstić information content (AvgIpc) is 2.15. The monoisotopic (exact) mass is 202 g/mol. The molecule has 5 heteroatoms. The van der Waals surface area contributed by atoms with Crippen LogP contribution in [0, 0.1) is 5.92 Å². The Morgan fingerprint density at radius 3 is 2.21 bits per heavy atom. The molecule has 5 nitrogen and oxygen atoms in total. The number of ether oxygens (including phenoxy) is 2. The number of carbonyl (C=O) groups is 3. The van der Waals surface area contributed by atoms with Gasteiger partial charge in [0.05, 0.1) is 19.6 Å². The van der Waals surface area contributed by atoms with E-state index in [0.29, 0.717) is 6.29 Å². The van der Waals surface area contributed by atoms with Gasteiger partial charge in [0.25, 0.3) is 0 Å². The Hall–Kier alpha value is -1.39. The number of rotatable bonds is 6. The molecule has 0 rings (SSSR count). The molecule has 0 bridgehead atoms. The highest BCUT2D eigenvalue weighted by Crippen LogP contribution is 2.04. The molecule has 0 saturated heterocycles. The van der Waals surface area contributed by atoms with Gasteiger partial charge in [0.15, 0.2) is 0 Å². The Morgan fingerprint density at radius 2 is 1.79 bits per heavy atom. The molecular weight excluding hydrogens is 188 g/mol. The molecule has 1 atom stereocenters. The molecule has 0 heterocycles. The largest absolute Gasteiger partial charge is 0.466 e. The third kappa shape index (κ3) is 4.59. The zero-order chi connectivity index (χ0) is 11.0. The Labute approximate surface area is 82.4 Å². The summed E-state index contributed by atoms with van der Waals surface area (Å²) in [4.78, 5) is 32.4. The molecule has 0 aromatic rings. The van der Waals surface area contributed by atoms with E-state index in [4.69, 9.17) is 0 Å². The molecule has 0 radical (unpaired) electrons. The van der Waals surface area contributed by atoms with Crippen LogP contribution in [0.25, 0.3) is 0 Å². The van der Waals surface area contributed by atoms with Gasteiger partial charge in [-0.3, -0.25) is 9.59 Å². The molecule has 0 aromatic carbocycles. The van der Waals surface area contributed by atoms with Crippen LogP contribution in [0.1, 0.15) is 20.3 Å². The van der Waals surface area contributed by atoms with E-state index in [1.54, 1.807) is 13.8 Å². The van der Waals surface area contributed by atoms with Gasteiger partial charge in [-0.15, -0.1) is 0 Å². The van der Waals surface area contributed by atoms with Gasteiger partial charge in [-0.1, -0.05) is 0 Å². The van der Waals surface area contributed by atoms with E-state index in [1.807, 2.05) is 0 Å². The Balaban J connectivity index is 4.07. The summed E-state index contributed by atoms with van der Waals surface area (Å²) >= 11 is 0. The number of hydrogen-bond donors (Lipinski definition) is 0. The van der Waals surface area contributed by atoms with E-state index in [9.17, 15) is 14.4 Å². The number of carbonyl (C=O) groups excluding carboxylic acids is 3. The van der Waals surface area contributed by atoms with Crippen molar-refractivity contribution >= 4 is 18.2 Å². The van der Waals surface area contributed by atoms with Crippen molar-refractivity contribution in [3.8, 4) is 0 Å². The second-order valence-electron chi connectivity index (χ2n) is 2.50. The van der Waals surface area contributed by atoms with Gasteiger partial charge in [-0.05, 0) is 13.8 Å². The van der Waals surface area contributed by atoms with Gasteiger partial charge in [-0.2, -0.15) is 0 Å². The molecule has 0 saturated carbocycles. The van der Waals surface area contributed by atoms with Crippen LogP contribution >= 0.6 is 0 Å². The summed E-state index contributed by atoms with van der Waals surface area (Å²) in [5, 5.41) is 0. The molecule has 0 aliphatic carbocycles. The molecule has 0 N–H and O–H groups in total. The molecule has 0 unspecified atom stereocenters. The van der Waals surface area contributed by atoms with Gasteiger partial charge >= 0.3 is 11.9 Å². The Bertz CT molecular complexity index is 211. The van der Waals surface area contributed by atoms with Gasteiger partial charge in [0.1, 0.15) is 12.2 Å². The molecule has 0 amide bonds. The van der Waals surface area contributed by atoms with E-state index in [1.165, 1.54) is 0 Å². The van der Waals surface area contributed by atoms with Gasteiger partial charge in [0, 0.05) is 0 Å². The van der Waals surface area contributed by atoms with Gasteiger partial charge in [0.2, 0.25) is 0 Å². The van der Waals surface area contributed by atoms with E-state index >= 15 is 0 Å². The summed E-state index contributed by atoms with van der Waals surface area (Å²) in [6.07, 6.45) is 0.144. The lowest BCUT2D eigenvalue weighted by molar-refractivity contribution is -0.155. The summed E-state index contributed by atoms with van der Waals surface area (Å²) in [6, 6.07) is 0. The summed E-state index contributed by atoms with van der Waals surface area (Å²) in [6.45, 7) is 3.70. The van der Waals surface area contributed by atoms with Crippen LogP contribution in [0.15, 0.2) is 0 Å². The van der Waals surface area contributed by atoms with Crippen LogP contribution in [0.3, 0.4) is 0 Å². The van der Waals surface area contributed by atoms with Crippen LogP contribution < -0.4 is 0 Å².